The van der Waals surface area contributed by atoms with Crippen LogP contribution in [-0.4, -0.2) is 30.5 Å². The highest BCUT2D eigenvalue weighted by Gasteiger charge is 2.15. The third kappa shape index (κ3) is 5.94. The fourth-order valence-electron chi connectivity index (χ4n) is 2.09. The zero-order valence-corrected chi connectivity index (χ0v) is 14.8. The Morgan fingerprint density at radius 3 is 2.86 bits per heavy atom. The largest absolute Gasteiger partial charge is 0.348 e. The van der Waals surface area contributed by atoms with Gasteiger partial charge in [0.25, 0.3) is 5.91 Å². The van der Waals surface area contributed by atoms with E-state index in [1.807, 2.05) is 6.92 Å². The van der Waals surface area contributed by atoms with Gasteiger partial charge in [-0.1, -0.05) is 18.6 Å². The van der Waals surface area contributed by atoms with E-state index in [0.717, 1.165) is 47.9 Å². The second kappa shape index (κ2) is 10.2. The molecule has 1 aromatic rings. The Hall–Kier alpha value is -0.620. The minimum atomic E-state index is 0. The molecule has 0 saturated heterocycles. The summed E-state index contributed by atoms with van der Waals surface area (Å²) in [5.74, 6) is 0.0109. The van der Waals surface area contributed by atoms with Gasteiger partial charge in [0.2, 0.25) is 0 Å². The van der Waals surface area contributed by atoms with Crippen molar-refractivity contribution >= 4 is 42.1 Å². The number of carbonyl (C=O) groups excluding carboxylic acids is 1. The van der Waals surface area contributed by atoms with E-state index in [-0.39, 0.29) is 30.7 Å². The maximum atomic E-state index is 12.1. The third-order valence-electron chi connectivity index (χ3n) is 3.14. The van der Waals surface area contributed by atoms with Crippen molar-refractivity contribution in [3.8, 4) is 0 Å². The monoisotopic (exact) mass is 351 g/mol. The Kier molecular flexibility index (Phi) is 9.86. The number of amides is 1. The molecule has 0 atom stereocenters. The molecule has 2 rings (SSSR count). The van der Waals surface area contributed by atoms with E-state index in [2.05, 4.69) is 28.6 Å². The summed E-state index contributed by atoms with van der Waals surface area (Å²) in [7, 11) is 0. The predicted octanol–water partition coefficient (Wildman–Crippen LogP) is 2.90. The minimum Gasteiger partial charge on any atom is -0.348 e. The molecule has 21 heavy (non-hydrogen) atoms. The van der Waals surface area contributed by atoms with E-state index < -0.39 is 0 Å². The van der Waals surface area contributed by atoms with Gasteiger partial charge in [-0.15, -0.1) is 36.2 Å². The van der Waals surface area contributed by atoms with Gasteiger partial charge >= 0.3 is 0 Å². The van der Waals surface area contributed by atoms with Gasteiger partial charge in [0.15, 0.2) is 0 Å². The molecule has 4 nitrogen and oxygen atoms in total. The van der Waals surface area contributed by atoms with Crippen molar-refractivity contribution < 1.29 is 4.79 Å². The van der Waals surface area contributed by atoms with Crippen LogP contribution in [0.2, 0.25) is 0 Å². The molecule has 1 amide bonds. The summed E-state index contributed by atoms with van der Waals surface area (Å²) in [6.45, 7) is 6.60. The fraction of sp³-hybridized carbons (Fsp3) is 0.571. The number of hydrogen-bond donors (Lipinski definition) is 2. The lowest BCUT2D eigenvalue weighted by Gasteiger charge is -2.14. The van der Waals surface area contributed by atoms with Crippen LogP contribution in [0.1, 0.15) is 40.1 Å². The molecular weight excluding hydrogens is 329 g/mol. The molecule has 0 fully saturated rings. The van der Waals surface area contributed by atoms with Crippen LogP contribution in [0, 0.1) is 6.92 Å². The van der Waals surface area contributed by atoms with Crippen LogP contribution < -0.4 is 10.6 Å². The van der Waals surface area contributed by atoms with Gasteiger partial charge in [-0.3, -0.25) is 4.79 Å². The van der Waals surface area contributed by atoms with E-state index in [9.17, 15) is 4.79 Å². The number of hydrogen-bond acceptors (Lipinski definition) is 4. The first-order chi connectivity index (χ1) is 9.20. The number of nitrogens with zero attached hydrogens (tertiary/aromatic N) is 1. The molecule has 0 aliphatic carbocycles. The zero-order chi connectivity index (χ0) is 13.7. The summed E-state index contributed by atoms with van der Waals surface area (Å²) in [6.07, 6.45) is 5.19. The second-order valence-corrected chi connectivity index (χ2v) is 5.85. The molecule has 0 radical (unpaired) electrons. The van der Waals surface area contributed by atoms with Crippen LogP contribution in [0.15, 0.2) is 11.6 Å². The Bertz CT molecular complexity index is 489. The highest BCUT2D eigenvalue weighted by molar-refractivity contribution is 7.13. The first kappa shape index (κ1) is 20.4. The predicted molar refractivity (Wildman–Crippen MR) is 93.2 cm³/mol. The summed E-state index contributed by atoms with van der Waals surface area (Å²) >= 11 is 1.52. The van der Waals surface area contributed by atoms with Crippen LogP contribution >= 0.6 is 36.2 Å². The average Bonchev–Trinajstić information content (AvgIpc) is 2.79. The van der Waals surface area contributed by atoms with Crippen molar-refractivity contribution in [3.05, 3.63) is 27.2 Å². The van der Waals surface area contributed by atoms with Crippen LogP contribution in [0.5, 0.6) is 0 Å². The Morgan fingerprint density at radius 2 is 2.24 bits per heavy atom. The van der Waals surface area contributed by atoms with Gasteiger partial charge in [-0.2, -0.15) is 0 Å². The first-order valence-corrected chi connectivity index (χ1v) is 7.65. The van der Waals surface area contributed by atoms with Gasteiger partial charge in [0.05, 0.1) is 10.7 Å². The van der Waals surface area contributed by atoms with Gasteiger partial charge in [0, 0.05) is 13.1 Å². The topological polar surface area (TPSA) is 54.0 Å². The standard InChI is InChI=1S/C14H21N3OS.2ClH/c1-3-4-12-17-10(2)13(19-12)14(18)16-9-11-5-7-15-8-6-11;;/h5,15H,3-4,6-9H2,1-2H3,(H,16,18);2*1H. The van der Waals surface area contributed by atoms with E-state index in [1.54, 1.807) is 0 Å². The number of rotatable bonds is 5. The molecule has 2 heterocycles. The quantitative estimate of drug-likeness (QED) is 0.802. The Labute approximate surface area is 142 Å². The van der Waals surface area contributed by atoms with Crippen molar-refractivity contribution in [1.29, 1.82) is 0 Å². The summed E-state index contributed by atoms with van der Waals surface area (Å²) in [5, 5.41) is 7.33. The van der Waals surface area contributed by atoms with Crippen molar-refractivity contribution in [2.24, 2.45) is 0 Å². The van der Waals surface area contributed by atoms with E-state index >= 15 is 0 Å². The van der Waals surface area contributed by atoms with Crippen molar-refractivity contribution in [2.75, 3.05) is 19.6 Å². The molecule has 0 bridgehead atoms. The van der Waals surface area contributed by atoms with Gasteiger partial charge in [-0.05, 0) is 32.7 Å². The normalized spacial score (nSPS) is 13.7. The summed E-state index contributed by atoms with van der Waals surface area (Å²) in [5.41, 5.74) is 2.16. The number of aromatic nitrogens is 1. The van der Waals surface area contributed by atoms with Gasteiger partial charge in [0.1, 0.15) is 4.88 Å². The van der Waals surface area contributed by atoms with E-state index in [4.69, 9.17) is 0 Å². The Morgan fingerprint density at radius 1 is 1.48 bits per heavy atom. The number of aryl methyl sites for hydroxylation is 2. The summed E-state index contributed by atoms with van der Waals surface area (Å²) in [6, 6.07) is 0. The molecule has 120 valence electrons. The number of carbonyl (C=O) groups is 1. The number of halogens is 2. The highest BCUT2D eigenvalue weighted by atomic mass is 35.5. The Balaban J connectivity index is 0.00000200. The average molecular weight is 352 g/mol. The molecule has 1 aliphatic heterocycles. The fourth-order valence-corrected chi connectivity index (χ4v) is 3.17. The van der Waals surface area contributed by atoms with Crippen molar-refractivity contribution in [3.63, 3.8) is 0 Å². The SMILES string of the molecule is CCCc1nc(C)c(C(=O)NCC2=CCNCC2)s1.Cl.Cl. The van der Waals surface area contributed by atoms with Crippen molar-refractivity contribution in [2.45, 2.75) is 33.1 Å². The number of thiazole rings is 1. The van der Waals surface area contributed by atoms with Gasteiger partial charge in [-0.25, -0.2) is 4.98 Å². The lowest BCUT2D eigenvalue weighted by molar-refractivity contribution is 0.0960. The van der Waals surface area contributed by atoms with Crippen LogP contribution in [0.3, 0.4) is 0 Å². The lowest BCUT2D eigenvalue weighted by atomic mass is 10.1. The molecule has 7 heteroatoms. The second-order valence-electron chi connectivity index (χ2n) is 4.77. The molecule has 0 aromatic carbocycles. The zero-order valence-electron chi connectivity index (χ0n) is 12.4. The van der Waals surface area contributed by atoms with Crippen LogP contribution in [-0.2, 0) is 6.42 Å². The van der Waals surface area contributed by atoms with Crippen LogP contribution in [0.4, 0.5) is 0 Å². The maximum absolute atomic E-state index is 12.1. The summed E-state index contributed by atoms with van der Waals surface area (Å²) in [4.78, 5) is 17.4. The van der Waals surface area contributed by atoms with Crippen molar-refractivity contribution in [1.82, 2.24) is 15.6 Å². The lowest BCUT2D eigenvalue weighted by Crippen LogP contribution is -2.29. The molecule has 1 aromatic heterocycles. The molecule has 0 spiro atoms. The molecular formula is C14H23Cl2N3OS. The highest BCUT2D eigenvalue weighted by Crippen LogP contribution is 2.19. The first-order valence-electron chi connectivity index (χ1n) is 6.83. The van der Waals surface area contributed by atoms with E-state index in [1.165, 1.54) is 16.9 Å². The van der Waals surface area contributed by atoms with Crippen LogP contribution in [0.25, 0.3) is 0 Å². The minimum absolute atomic E-state index is 0. The molecule has 1 aliphatic rings. The third-order valence-corrected chi connectivity index (χ3v) is 4.36. The van der Waals surface area contributed by atoms with Gasteiger partial charge < -0.3 is 10.6 Å². The smallest absolute Gasteiger partial charge is 0.263 e. The maximum Gasteiger partial charge on any atom is 0.263 e. The molecule has 0 unspecified atom stereocenters. The summed E-state index contributed by atoms with van der Waals surface area (Å²) < 4.78 is 0. The molecule has 0 saturated carbocycles. The molecule has 2 N–H and O–H groups in total. The number of nitrogens with one attached hydrogen (secondary N) is 2. The van der Waals surface area contributed by atoms with E-state index in [0.29, 0.717) is 6.54 Å².